The Morgan fingerprint density at radius 3 is 2.56 bits per heavy atom. The van der Waals surface area contributed by atoms with E-state index < -0.39 is 0 Å². The maximum absolute atomic E-state index is 9.77. The van der Waals surface area contributed by atoms with E-state index in [2.05, 4.69) is 16.3 Å². The van der Waals surface area contributed by atoms with Gasteiger partial charge in [0, 0.05) is 18.3 Å². The van der Waals surface area contributed by atoms with Gasteiger partial charge in [-0.05, 0) is 32.9 Å². The largest absolute Gasteiger partial charge is 0.422 e. The third-order valence-electron chi connectivity index (χ3n) is 4.85. The topological polar surface area (TPSA) is 94.7 Å². The number of hydrogen-bond acceptors (Lipinski definition) is 5. The molecule has 0 amide bonds. The number of nitriles is 1. The minimum absolute atomic E-state index is 0.107. The van der Waals surface area contributed by atoms with Gasteiger partial charge in [-0.25, -0.2) is 4.68 Å². The van der Waals surface area contributed by atoms with Gasteiger partial charge < -0.3 is 10.5 Å². The highest BCUT2D eigenvalue weighted by molar-refractivity contribution is 5.57. The molecule has 4 rings (SSSR count). The third kappa shape index (κ3) is 2.57. The lowest BCUT2D eigenvalue weighted by Gasteiger charge is -2.24. The molecule has 1 aromatic carbocycles. The van der Waals surface area contributed by atoms with Crippen molar-refractivity contribution in [3.8, 4) is 17.6 Å². The van der Waals surface area contributed by atoms with Crippen LogP contribution in [0.25, 0.3) is 5.69 Å². The fourth-order valence-corrected chi connectivity index (χ4v) is 3.55. The molecule has 0 saturated heterocycles. The van der Waals surface area contributed by atoms with Crippen LogP contribution in [0.4, 0.5) is 0 Å². The van der Waals surface area contributed by atoms with Gasteiger partial charge in [-0.1, -0.05) is 18.2 Å². The number of hydrogen-bond donors (Lipinski definition) is 1. The standard InChI is InChI=1S/C20H20N6O/c1-4-25-11-16(12(2)23-25)18-15(10-21)19(22)27-20-17(18)13(3)24-26(20)14-8-6-5-7-9-14/h5-9,11,18H,4,22H2,1-3H3. The molecule has 0 spiro atoms. The summed E-state index contributed by atoms with van der Waals surface area (Å²) in [4.78, 5) is 0. The minimum Gasteiger partial charge on any atom is -0.422 e. The Morgan fingerprint density at radius 2 is 1.93 bits per heavy atom. The number of benzene rings is 1. The van der Waals surface area contributed by atoms with Crippen LogP contribution in [-0.4, -0.2) is 19.6 Å². The van der Waals surface area contributed by atoms with Crippen molar-refractivity contribution >= 4 is 0 Å². The van der Waals surface area contributed by atoms with Gasteiger partial charge in [0.2, 0.25) is 11.8 Å². The van der Waals surface area contributed by atoms with Gasteiger partial charge in [-0.2, -0.15) is 15.5 Å². The Kier molecular flexibility index (Phi) is 3.96. The van der Waals surface area contributed by atoms with Crippen molar-refractivity contribution in [3.05, 3.63) is 70.5 Å². The number of ether oxygens (including phenoxy) is 1. The molecule has 0 bridgehead atoms. The molecule has 1 atom stereocenters. The van der Waals surface area contributed by atoms with Gasteiger partial charge in [0.25, 0.3) is 0 Å². The zero-order chi connectivity index (χ0) is 19.1. The van der Waals surface area contributed by atoms with Crippen LogP contribution in [-0.2, 0) is 6.54 Å². The van der Waals surface area contributed by atoms with E-state index in [0.717, 1.165) is 34.7 Å². The molecule has 7 nitrogen and oxygen atoms in total. The van der Waals surface area contributed by atoms with Crippen LogP contribution in [0.5, 0.6) is 5.88 Å². The highest BCUT2D eigenvalue weighted by atomic mass is 16.5. The van der Waals surface area contributed by atoms with E-state index in [1.165, 1.54) is 0 Å². The number of rotatable bonds is 3. The number of allylic oxidation sites excluding steroid dienone is 1. The molecule has 1 unspecified atom stereocenters. The molecular formula is C20H20N6O. The molecule has 136 valence electrons. The van der Waals surface area contributed by atoms with Crippen LogP contribution in [0.15, 0.2) is 48.0 Å². The van der Waals surface area contributed by atoms with Crippen LogP contribution in [0, 0.1) is 25.2 Å². The zero-order valence-corrected chi connectivity index (χ0v) is 15.5. The van der Waals surface area contributed by atoms with Gasteiger partial charge in [0.05, 0.1) is 28.6 Å². The van der Waals surface area contributed by atoms with Crippen LogP contribution in [0.2, 0.25) is 0 Å². The predicted molar refractivity (Wildman–Crippen MR) is 100 cm³/mol. The Labute approximate surface area is 157 Å². The zero-order valence-electron chi connectivity index (χ0n) is 15.5. The molecule has 3 aromatic rings. The van der Waals surface area contributed by atoms with Crippen LogP contribution < -0.4 is 10.5 Å². The number of nitrogens with zero attached hydrogens (tertiary/aromatic N) is 5. The predicted octanol–water partition coefficient (Wildman–Crippen LogP) is 2.92. The first-order chi connectivity index (χ1) is 13.0. The Balaban J connectivity index is 1.97. The lowest BCUT2D eigenvalue weighted by Crippen LogP contribution is -2.22. The lowest BCUT2D eigenvalue weighted by molar-refractivity contribution is 0.367. The monoisotopic (exact) mass is 360 g/mol. The molecule has 0 radical (unpaired) electrons. The van der Waals surface area contributed by atoms with Gasteiger partial charge in [-0.3, -0.25) is 4.68 Å². The van der Waals surface area contributed by atoms with Gasteiger partial charge >= 0.3 is 0 Å². The lowest BCUT2D eigenvalue weighted by atomic mass is 9.84. The van der Waals surface area contributed by atoms with Crippen LogP contribution in [0.3, 0.4) is 0 Å². The number of nitrogens with two attached hydrogens (primary N) is 1. The van der Waals surface area contributed by atoms with Crippen LogP contribution >= 0.6 is 0 Å². The summed E-state index contributed by atoms with van der Waals surface area (Å²) in [5, 5.41) is 19.0. The van der Waals surface area contributed by atoms with Crippen LogP contribution in [0.1, 0.15) is 35.4 Å². The van der Waals surface area contributed by atoms with Crippen molar-refractivity contribution < 1.29 is 4.74 Å². The van der Waals surface area contributed by atoms with Gasteiger partial charge in [0.1, 0.15) is 11.6 Å². The molecule has 0 saturated carbocycles. The van der Waals surface area contributed by atoms with Crippen molar-refractivity contribution in [2.45, 2.75) is 33.2 Å². The smallest absolute Gasteiger partial charge is 0.229 e. The Morgan fingerprint density at radius 1 is 1.19 bits per heavy atom. The fraction of sp³-hybridized carbons (Fsp3) is 0.250. The second-order valence-corrected chi connectivity index (χ2v) is 6.50. The summed E-state index contributed by atoms with van der Waals surface area (Å²) < 4.78 is 9.47. The van der Waals surface area contributed by atoms with E-state index in [9.17, 15) is 5.26 Å². The van der Waals surface area contributed by atoms with Crippen molar-refractivity contribution in [1.82, 2.24) is 19.6 Å². The number of aryl methyl sites for hydroxylation is 3. The average molecular weight is 360 g/mol. The van der Waals surface area contributed by atoms with E-state index >= 15 is 0 Å². The molecule has 2 N–H and O–H groups in total. The van der Waals surface area contributed by atoms with E-state index in [-0.39, 0.29) is 11.8 Å². The first-order valence-electron chi connectivity index (χ1n) is 8.81. The summed E-state index contributed by atoms with van der Waals surface area (Å²) in [5.74, 6) is 0.302. The van der Waals surface area contributed by atoms with Crippen molar-refractivity contribution in [3.63, 3.8) is 0 Å². The second kappa shape index (κ2) is 6.32. The molecule has 27 heavy (non-hydrogen) atoms. The van der Waals surface area contributed by atoms with Crippen molar-refractivity contribution in [2.24, 2.45) is 5.73 Å². The molecule has 7 heteroatoms. The van der Waals surface area contributed by atoms with E-state index in [4.69, 9.17) is 10.5 Å². The first kappa shape index (κ1) is 16.9. The average Bonchev–Trinajstić information content (AvgIpc) is 3.21. The number of aromatic nitrogens is 4. The Hall–Kier alpha value is -3.53. The summed E-state index contributed by atoms with van der Waals surface area (Å²) >= 11 is 0. The normalized spacial score (nSPS) is 16.0. The quantitative estimate of drug-likeness (QED) is 0.775. The molecule has 1 aliphatic rings. The highest BCUT2D eigenvalue weighted by Gasteiger charge is 2.37. The summed E-state index contributed by atoms with van der Waals surface area (Å²) in [7, 11) is 0. The number of para-hydroxylation sites is 1. The molecular weight excluding hydrogens is 340 g/mol. The molecule has 3 heterocycles. The van der Waals surface area contributed by atoms with Gasteiger partial charge in [0.15, 0.2) is 0 Å². The summed E-state index contributed by atoms with van der Waals surface area (Å²) in [6, 6.07) is 12.0. The summed E-state index contributed by atoms with van der Waals surface area (Å²) in [5.41, 5.74) is 10.8. The minimum atomic E-state index is -0.350. The third-order valence-corrected chi connectivity index (χ3v) is 4.85. The molecule has 1 aliphatic heterocycles. The molecule has 0 fully saturated rings. The fourth-order valence-electron chi connectivity index (χ4n) is 3.55. The highest BCUT2D eigenvalue weighted by Crippen LogP contribution is 2.45. The second-order valence-electron chi connectivity index (χ2n) is 6.50. The maximum atomic E-state index is 9.77. The summed E-state index contributed by atoms with van der Waals surface area (Å²) in [6.45, 7) is 6.64. The SMILES string of the molecule is CCn1cc(C2C(C#N)=C(N)Oc3c2c(C)nn3-c2ccccc2)c(C)n1. The van der Waals surface area contributed by atoms with Gasteiger partial charge in [-0.15, -0.1) is 0 Å². The van der Waals surface area contributed by atoms with Crippen molar-refractivity contribution in [1.29, 1.82) is 5.26 Å². The van der Waals surface area contributed by atoms with E-state index in [0.29, 0.717) is 11.5 Å². The molecule has 2 aromatic heterocycles. The van der Waals surface area contributed by atoms with E-state index in [1.54, 1.807) is 4.68 Å². The molecule has 0 aliphatic carbocycles. The maximum Gasteiger partial charge on any atom is 0.229 e. The summed E-state index contributed by atoms with van der Waals surface area (Å²) in [6.07, 6.45) is 1.97. The Bertz CT molecular complexity index is 1080. The van der Waals surface area contributed by atoms with E-state index in [1.807, 2.05) is 62.0 Å². The first-order valence-corrected chi connectivity index (χ1v) is 8.81. The number of fused-ring (bicyclic) bond motifs is 1. The van der Waals surface area contributed by atoms with Crippen molar-refractivity contribution in [2.75, 3.05) is 0 Å².